The predicted octanol–water partition coefficient (Wildman–Crippen LogP) is 3.31. The maximum Gasteiger partial charge on any atom is 0.0801 e. The van der Waals surface area contributed by atoms with E-state index in [0.29, 0.717) is 0 Å². The molecular formula is C12H11Br2N3. The Labute approximate surface area is 117 Å². The molecule has 1 heterocycles. The quantitative estimate of drug-likeness (QED) is 0.916. The van der Waals surface area contributed by atoms with Gasteiger partial charge in [0.1, 0.15) is 0 Å². The Balaban J connectivity index is 2.46. The van der Waals surface area contributed by atoms with Crippen molar-refractivity contribution in [1.82, 2.24) is 15.3 Å². The van der Waals surface area contributed by atoms with Crippen LogP contribution >= 0.6 is 31.9 Å². The van der Waals surface area contributed by atoms with E-state index in [4.69, 9.17) is 0 Å². The molecule has 0 spiro atoms. The van der Waals surface area contributed by atoms with E-state index in [-0.39, 0.29) is 6.04 Å². The molecule has 2 rings (SSSR count). The number of hydrogen-bond donors (Lipinski definition) is 1. The Hall–Kier alpha value is -0.780. The van der Waals surface area contributed by atoms with Crippen molar-refractivity contribution in [1.29, 1.82) is 0 Å². The topological polar surface area (TPSA) is 37.8 Å². The van der Waals surface area contributed by atoms with Gasteiger partial charge in [0, 0.05) is 21.3 Å². The Morgan fingerprint density at radius 1 is 1.24 bits per heavy atom. The molecule has 0 aliphatic heterocycles. The van der Waals surface area contributed by atoms with Gasteiger partial charge in [0.05, 0.1) is 17.9 Å². The Bertz CT molecular complexity index is 502. The number of hydrogen-bond acceptors (Lipinski definition) is 3. The molecule has 0 saturated carbocycles. The molecule has 5 heteroatoms. The highest BCUT2D eigenvalue weighted by atomic mass is 79.9. The molecule has 1 aromatic heterocycles. The number of aromatic nitrogens is 2. The van der Waals surface area contributed by atoms with E-state index in [1.54, 1.807) is 18.6 Å². The molecule has 1 N–H and O–H groups in total. The minimum absolute atomic E-state index is 0.0237. The zero-order valence-electron chi connectivity index (χ0n) is 9.19. The van der Waals surface area contributed by atoms with Crippen molar-refractivity contribution < 1.29 is 0 Å². The molecule has 1 atom stereocenters. The van der Waals surface area contributed by atoms with E-state index in [1.807, 2.05) is 19.2 Å². The molecule has 0 aliphatic rings. The maximum atomic E-state index is 4.34. The average Bonchev–Trinajstić information content (AvgIpc) is 2.36. The number of nitrogens with one attached hydrogen (secondary N) is 1. The fourth-order valence-corrected chi connectivity index (χ4v) is 2.51. The van der Waals surface area contributed by atoms with E-state index in [1.165, 1.54) is 0 Å². The van der Waals surface area contributed by atoms with Gasteiger partial charge < -0.3 is 5.32 Å². The summed E-state index contributed by atoms with van der Waals surface area (Å²) in [4.78, 5) is 8.44. The Morgan fingerprint density at radius 3 is 2.71 bits per heavy atom. The van der Waals surface area contributed by atoms with Gasteiger partial charge >= 0.3 is 0 Å². The monoisotopic (exact) mass is 355 g/mol. The lowest BCUT2D eigenvalue weighted by Crippen LogP contribution is -2.19. The molecule has 0 saturated heterocycles. The van der Waals surface area contributed by atoms with Crippen molar-refractivity contribution in [2.75, 3.05) is 7.05 Å². The first-order valence-electron chi connectivity index (χ1n) is 5.10. The van der Waals surface area contributed by atoms with Crippen LogP contribution in [0.1, 0.15) is 17.3 Å². The van der Waals surface area contributed by atoms with E-state index in [2.05, 4.69) is 53.2 Å². The summed E-state index contributed by atoms with van der Waals surface area (Å²) in [5, 5.41) is 3.25. The van der Waals surface area contributed by atoms with Crippen LogP contribution in [0.25, 0.3) is 0 Å². The summed E-state index contributed by atoms with van der Waals surface area (Å²) in [6.07, 6.45) is 5.15. The van der Waals surface area contributed by atoms with Crippen molar-refractivity contribution in [3.8, 4) is 0 Å². The van der Waals surface area contributed by atoms with E-state index >= 15 is 0 Å². The summed E-state index contributed by atoms with van der Waals surface area (Å²) >= 11 is 7.04. The summed E-state index contributed by atoms with van der Waals surface area (Å²) in [7, 11) is 1.91. The van der Waals surface area contributed by atoms with E-state index < -0.39 is 0 Å². The van der Waals surface area contributed by atoms with Gasteiger partial charge in [-0.05, 0) is 30.8 Å². The van der Waals surface area contributed by atoms with Crippen molar-refractivity contribution >= 4 is 31.9 Å². The SMILES string of the molecule is CNC(c1cnccn1)c1cc(Br)ccc1Br. The lowest BCUT2D eigenvalue weighted by molar-refractivity contribution is 0.664. The van der Waals surface area contributed by atoms with Crippen LogP contribution in [0.2, 0.25) is 0 Å². The van der Waals surface area contributed by atoms with E-state index in [0.717, 1.165) is 20.2 Å². The lowest BCUT2D eigenvalue weighted by atomic mass is 10.0. The highest BCUT2D eigenvalue weighted by molar-refractivity contribution is 9.11. The second-order valence-electron chi connectivity index (χ2n) is 3.52. The smallest absolute Gasteiger partial charge is 0.0801 e. The fourth-order valence-electron chi connectivity index (χ4n) is 1.66. The third kappa shape index (κ3) is 2.91. The van der Waals surface area contributed by atoms with Gasteiger partial charge in [0.15, 0.2) is 0 Å². The highest BCUT2D eigenvalue weighted by Gasteiger charge is 2.16. The average molecular weight is 357 g/mol. The normalized spacial score (nSPS) is 12.4. The van der Waals surface area contributed by atoms with Gasteiger partial charge in [-0.2, -0.15) is 0 Å². The maximum absolute atomic E-state index is 4.34. The predicted molar refractivity (Wildman–Crippen MR) is 74.8 cm³/mol. The van der Waals surface area contributed by atoms with Crippen molar-refractivity contribution in [2.24, 2.45) is 0 Å². The largest absolute Gasteiger partial charge is 0.308 e. The Kier molecular flexibility index (Phi) is 4.25. The summed E-state index contributed by atoms with van der Waals surface area (Å²) < 4.78 is 2.09. The molecule has 2 aromatic rings. The van der Waals surface area contributed by atoms with Crippen LogP contribution in [0.4, 0.5) is 0 Å². The molecule has 0 bridgehead atoms. The fraction of sp³-hybridized carbons (Fsp3) is 0.167. The highest BCUT2D eigenvalue weighted by Crippen LogP contribution is 2.29. The first-order chi connectivity index (χ1) is 8.22. The third-order valence-electron chi connectivity index (χ3n) is 2.44. The lowest BCUT2D eigenvalue weighted by Gasteiger charge is -2.17. The van der Waals surface area contributed by atoms with Crippen molar-refractivity contribution in [3.05, 3.63) is 57.0 Å². The molecule has 3 nitrogen and oxygen atoms in total. The van der Waals surface area contributed by atoms with Crippen LogP contribution < -0.4 is 5.32 Å². The third-order valence-corrected chi connectivity index (χ3v) is 3.65. The second-order valence-corrected chi connectivity index (χ2v) is 5.29. The van der Waals surface area contributed by atoms with Gasteiger partial charge in [0.2, 0.25) is 0 Å². The number of nitrogens with zero attached hydrogens (tertiary/aromatic N) is 2. The number of rotatable bonds is 3. The molecule has 1 unspecified atom stereocenters. The first-order valence-corrected chi connectivity index (χ1v) is 6.69. The molecular weight excluding hydrogens is 346 g/mol. The first kappa shape index (κ1) is 12.7. The standard InChI is InChI=1S/C12H11Br2N3/c1-15-12(11-7-16-4-5-17-11)9-6-8(13)2-3-10(9)14/h2-7,12,15H,1H3. The molecule has 0 amide bonds. The van der Waals surface area contributed by atoms with Crippen LogP contribution in [0.5, 0.6) is 0 Å². The minimum atomic E-state index is 0.0237. The Morgan fingerprint density at radius 2 is 2.06 bits per heavy atom. The van der Waals surface area contributed by atoms with Crippen LogP contribution in [-0.4, -0.2) is 17.0 Å². The van der Waals surface area contributed by atoms with Crippen LogP contribution in [0, 0.1) is 0 Å². The van der Waals surface area contributed by atoms with Crippen molar-refractivity contribution in [3.63, 3.8) is 0 Å². The minimum Gasteiger partial charge on any atom is -0.308 e. The molecule has 0 aliphatic carbocycles. The van der Waals surface area contributed by atoms with Gasteiger partial charge in [0.25, 0.3) is 0 Å². The number of halogens is 2. The zero-order valence-corrected chi connectivity index (χ0v) is 12.4. The van der Waals surface area contributed by atoms with Crippen LogP contribution in [0.3, 0.4) is 0 Å². The van der Waals surface area contributed by atoms with Gasteiger partial charge in [-0.15, -0.1) is 0 Å². The summed E-state index contributed by atoms with van der Waals surface area (Å²) in [5.74, 6) is 0. The molecule has 1 aromatic carbocycles. The van der Waals surface area contributed by atoms with Crippen LogP contribution in [-0.2, 0) is 0 Å². The molecule has 0 fully saturated rings. The summed E-state index contributed by atoms with van der Waals surface area (Å²) in [6, 6.07) is 6.10. The van der Waals surface area contributed by atoms with Gasteiger partial charge in [-0.25, -0.2) is 0 Å². The zero-order chi connectivity index (χ0) is 12.3. The van der Waals surface area contributed by atoms with Gasteiger partial charge in [-0.1, -0.05) is 31.9 Å². The number of benzene rings is 1. The molecule has 88 valence electrons. The van der Waals surface area contributed by atoms with Crippen molar-refractivity contribution in [2.45, 2.75) is 6.04 Å². The summed E-state index contributed by atoms with van der Waals surface area (Å²) in [6.45, 7) is 0. The van der Waals surface area contributed by atoms with E-state index in [9.17, 15) is 0 Å². The molecule has 0 radical (unpaired) electrons. The second kappa shape index (κ2) is 5.71. The van der Waals surface area contributed by atoms with Crippen LogP contribution in [0.15, 0.2) is 45.7 Å². The summed E-state index contributed by atoms with van der Waals surface area (Å²) in [5.41, 5.74) is 2.02. The van der Waals surface area contributed by atoms with Gasteiger partial charge in [-0.3, -0.25) is 9.97 Å². The molecule has 17 heavy (non-hydrogen) atoms.